The molecule has 0 amide bonds. The Labute approximate surface area is 98.3 Å². The Bertz CT molecular complexity index is 312. The summed E-state index contributed by atoms with van der Waals surface area (Å²) in [6.07, 6.45) is -0.593. The Hall–Kier alpha value is -0.200. The molecule has 0 radical (unpaired) electrons. The fourth-order valence-corrected chi connectivity index (χ4v) is 1.54. The van der Waals surface area contributed by atoms with Gasteiger partial charge in [0.15, 0.2) is 0 Å². The van der Waals surface area contributed by atoms with Crippen molar-refractivity contribution in [2.24, 2.45) is 0 Å². The molecule has 1 aromatic carbocycles. The van der Waals surface area contributed by atoms with E-state index in [4.69, 9.17) is 0 Å². The van der Waals surface area contributed by atoms with Crippen molar-refractivity contribution in [2.75, 3.05) is 0 Å². The molecule has 6 heteroatoms. The van der Waals surface area contributed by atoms with Crippen LogP contribution in [-0.2, 0) is 4.18 Å². The molecule has 1 aromatic rings. The van der Waals surface area contributed by atoms with Crippen molar-refractivity contribution in [2.45, 2.75) is 18.5 Å². The van der Waals surface area contributed by atoms with Gasteiger partial charge in [-0.3, -0.25) is 0 Å². The van der Waals surface area contributed by atoms with Gasteiger partial charge in [-0.05, 0) is 24.6 Å². The molecule has 0 aliphatic heterocycles. The first-order valence-electron chi connectivity index (χ1n) is 4.05. The third-order valence-corrected chi connectivity index (χ3v) is 2.73. The average Bonchev–Trinajstić information content (AvgIpc) is 2.14. The molecule has 0 aliphatic carbocycles. The second kappa shape index (κ2) is 5.23. The topological polar surface area (TPSA) is 9.23 Å². The van der Waals surface area contributed by atoms with Crippen LogP contribution in [0.3, 0.4) is 0 Å². The van der Waals surface area contributed by atoms with E-state index in [1.807, 2.05) is 0 Å². The molecule has 1 nitrogen and oxygen atoms in total. The maximum Gasteiger partial charge on any atom is 0.467 e. The van der Waals surface area contributed by atoms with E-state index in [-0.39, 0.29) is 0 Å². The monoisotopic (exact) mass is 300 g/mol. The summed E-state index contributed by atoms with van der Waals surface area (Å²) in [5.74, 6) is 0. The fraction of sp³-hybridized carbons (Fsp3) is 0.333. The van der Waals surface area contributed by atoms with Gasteiger partial charge in [0.05, 0.1) is 6.10 Å². The van der Waals surface area contributed by atoms with E-state index >= 15 is 0 Å². The van der Waals surface area contributed by atoms with Crippen molar-refractivity contribution in [3.05, 3.63) is 34.3 Å². The first-order valence-corrected chi connectivity index (χ1v) is 5.58. The van der Waals surface area contributed by atoms with Gasteiger partial charge in [-0.15, -0.1) is 0 Å². The Morgan fingerprint density at radius 1 is 1.27 bits per heavy atom. The van der Waals surface area contributed by atoms with Crippen LogP contribution in [0.15, 0.2) is 28.7 Å². The lowest BCUT2D eigenvalue weighted by atomic mass is 10.1. The average molecular weight is 301 g/mol. The highest BCUT2D eigenvalue weighted by atomic mass is 79.9. The molecule has 0 N–H and O–H groups in total. The zero-order valence-electron chi connectivity index (χ0n) is 7.72. The Morgan fingerprint density at radius 3 is 2.27 bits per heavy atom. The second-order valence-corrected chi connectivity index (χ2v) is 4.56. The minimum Gasteiger partial charge on any atom is -0.300 e. The van der Waals surface area contributed by atoms with E-state index in [1.54, 1.807) is 31.2 Å². The largest absolute Gasteiger partial charge is 0.467 e. The molecule has 84 valence electrons. The van der Waals surface area contributed by atoms with Crippen LogP contribution in [0.2, 0.25) is 0 Å². The van der Waals surface area contributed by atoms with Gasteiger partial charge in [0, 0.05) is 4.47 Å². The fourth-order valence-electron chi connectivity index (χ4n) is 0.916. The van der Waals surface area contributed by atoms with Gasteiger partial charge in [-0.2, -0.15) is 13.2 Å². The minimum atomic E-state index is -4.36. The van der Waals surface area contributed by atoms with Gasteiger partial charge in [-0.25, -0.2) is 0 Å². The normalized spacial score (nSPS) is 13.9. The lowest BCUT2D eigenvalue weighted by Gasteiger charge is -2.13. The summed E-state index contributed by atoms with van der Waals surface area (Å²) in [6.45, 7) is 1.57. The van der Waals surface area contributed by atoms with Crippen molar-refractivity contribution in [3.8, 4) is 0 Å². The maximum absolute atomic E-state index is 11.8. The highest BCUT2D eigenvalue weighted by Crippen LogP contribution is 2.35. The third-order valence-electron chi connectivity index (χ3n) is 1.63. The van der Waals surface area contributed by atoms with E-state index in [0.717, 1.165) is 4.47 Å². The van der Waals surface area contributed by atoms with Crippen LogP contribution in [-0.4, -0.2) is 5.51 Å². The highest BCUT2D eigenvalue weighted by Gasteiger charge is 2.31. The Morgan fingerprint density at radius 2 is 1.80 bits per heavy atom. The van der Waals surface area contributed by atoms with Gasteiger partial charge >= 0.3 is 5.51 Å². The van der Waals surface area contributed by atoms with Crippen molar-refractivity contribution >= 4 is 28.0 Å². The summed E-state index contributed by atoms with van der Waals surface area (Å²) in [5, 5.41) is 0. The number of alkyl halides is 3. The van der Waals surface area contributed by atoms with E-state index in [1.165, 1.54) is 0 Å². The van der Waals surface area contributed by atoms with Crippen LogP contribution in [0.1, 0.15) is 18.6 Å². The zero-order valence-corrected chi connectivity index (χ0v) is 10.1. The van der Waals surface area contributed by atoms with Gasteiger partial charge < -0.3 is 4.18 Å². The van der Waals surface area contributed by atoms with Crippen LogP contribution >= 0.6 is 28.0 Å². The van der Waals surface area contributed by atoms with Gasteiger partial charge in [0.2, 0.25) is 0 Å². The minimum absolute atomic E-state index is 0.471. The molecular formula is C9H8BrF3OS. The molecule has 1 unspecified atom stereocenters. The van der Waals surface area contributed by atoms with E-state index < -0.39 is 23.7 Å². The molecule has 0 aliphatic rings. The summed E-state index contributed by atoms with van der Waals surface area (Å²) in [6, 6.07) is 6.94. The zero-order chi connectivity index (χ0) is 11.5. The quantitative estimate of drug-likeness (QED) is 0.749. The second-order valence-electron chi connectivity index (χ2n) is 2.82. The van der Waals surface area contributed by atoms with Gasteiger partial charge in [-0.1, -0.05) is 28.1 Å². The van der Waals surface area contributed by atoms with Crippen LogP contribution in [0.4, 0.5) is 13.2 Å². The SMILES string of the molecule is CC(OSC(F)(F)F)c1ccc(Br)cc1. The van der Waals surface area contributed by atoms with E-state index in [9.17, 15) is 13.2 Å². The van der Waals surface area contributed by atoms with Crippen LogP contribution < -0.4 is 0 Å². The third kappa shape index (κ3) is 4.90. The molecule has 0 saturated heterocycles. The molecule has 0 aromatic heterocycles. The predicted octanol–water partition coefficient (Wildman–Crippen LogP) is 4.69. The lowest BCUT2D eigenvalue weighted by Crippen LogP contribution is -2.04. The van der Waals surface area contributed by atoms with E-state index in [2.05, 4.69) is 20.1 Å². The molecule has 0 spiro atoms. The van der Waals surface area contributed by atoms with Crippen LogP contribution in [0.25, 0.3) is 0 Å². The van der Waals surface area contributed by atoms with Crippen molar-refractivity contribution in [1.82, 2.24) is 0 Å². The molecule has 0 bridgehead atoms. The number of rotatable bonds is 3. The molecule has 1 rings (SSSR count). The van der Waals surface area contributed by atoms with Crippen molar-refractivity contribution < 1.29 is 17.4 Å². The molecule has 0 fully saturated rings. The number of hydrogen-bond donors (Lipinski definition) is 0. The Kier molecular flexibility index (Phi) is 4.48. The van der Waals surface area contributed by atoms with Crippen molar-refractivity contribution in [3.63, 3.8) is 0 Å². The molecule has 0 saturated carbocycles. The number of hydrogen-bond acceptors (Lipinski definition) is 2. The first kappa shape index (κ1) is 12.9. The summed E-state index contributed by atoms with van der Waals surface area (Å²) in [7, 11) is 0. The summed E-state index contributed by atoms with van der Waals surface area (Å²) >= 11 is 2.77. The smallest absolute Gasteiger partial charge is 0.300 e. The predicted molar refractivity (Wildman–Crippen MR) is 57.3 cm³/mol. The summed E-state index contributed by atoms with van der Waals surface area (Å²) in [5.41, 5.74) is -3.65. The molecule has 1 atom stereocenters. The highest BCUT2D eigenvalue weighted by molar-refractivity contribution is 9.10. The van der Waals surface area contributed by atoms with Gasteiger partial charge in [0.1, 0.15) is 12.0 Å². The maximum atomic E-state index is 11.8. The standard InChI is InChI=1S/C9H8BrF3OS/c1-6(14-15-9(11,12)13)7-2-4-8(10)5-3-7/h2-6H,1H3. The number of halogens is 4. The van der Waals surface area contributed by atoms with Crippen LogP contribution in [0, 0.1) is 0 Å². The molecular weight excluding hydrogens is 293 g/mol. The summed E-state index contributed by atoms with van der Waals surface area (Å²) in [4.78, 5) is 0. The van der Waals surface area contributed by atoms with Crippen LogP contribution in [0.5, 0.6) is 0 Å². The first-order chi connectivity index (χ1) is 6.88. The number of benzene rings is 1. The van der Waals surface area contributed by atoms with Gasteiger partial charge in [0.25, 0.3) is 0 Å². The summed E-state index contributed by atoms with van der Waals surface area (Å²) < 4.78 is 41.0. The molecule has 15 heavy (non-hydrogen) atoms. The Balaban J connectivity index is 2.54. The van der Waals surface area contributed by atoms with Crippen molar-refractivity contribution in [1.29, 1.82) is 0 Å². The lowest BCUT2D eigenvalue weighted by molar-refractivity contribution is -0.0415. The molecule has 0 heterocycles. The van der Waals surface area contributed by atoms with E-state index in [0.29, 0.717) is 5.56 Å².